The molecular formula is C6H2ClF4N. The highest BCUT2D eigenvalue weighted by Crippen LogP contribution is 2.28. The fraction of sp³-hybridized carbons (Fsp3) is 0.167. The van der Waals surface area contributed by atoms with E-state index in [-0.39, 0.29) is 0 Å². The molecule has 66 valence electrons. The molecule has 12 heavy (non-hydrogen) atoms. The molecule has 0 spiro atoms. The lowest BCUT2D eigenvalue weighted by Crippen LogP contribution is -1.98. The Morgan fingerprint density at radius 1 is 1.33 bits per heavy atom. The second-order valence-electron chi connectivity index (χ2n) is 1.93. The summed E-state index contributed by atoms with van der Waals surface area (Å²) in [5.74, 6) is -3.08. The largest absolute Gasteiger partial charge is 0.269 e. The summed E-state index contributed by atoms with van der Waals surface area (Å²) in [5, 5.41) is -0.719. The molecule has 1 nitrogen and oxygen atoms in total. The second-order valence-corrected chi connectivity index (χ2v) is 2.28. The summed E-state index contributed by atoms with van der Waals surface area (Å²) in [6.45, 7) is 0. The van der Waals surface area contributed by atoms with Crippen molar-refractivity contribution in [2.24, 2.45) is 0 Å². The summed E-state index contributed by atoms with van der Waals surface area (Å²) in [6, 6.07) is 0. The maximum Gasteiger partial charge on any atom is 0.269 e. The zero-order chi connectivity index (χ0) is 9.30. The minimum atomic E-state index is -3.17. The van der Waals surface area contributed by atoms with E-state index < -0.39 is 28.8 Å². The topological polar surface area (TPSA) is 12.9 Å². The maximum absolute atomic E-state index is 12.5. The Labute approximate surface area is 70.0 Å². The molecule has 0 bridgehead atoms. The molecule has 0 amide bonds. The summed E-state index contributed by atoms with van der Waals surface area (Å²) in [7, 11) is 0. The monoisotopic (exact) mass is 199 g/mol. The molecule has 0 N–H and O–H groups in total. The van der Waals surface area contributed by atoms with Crippen LogP contribution in [-0.2, 0) is 0 Å². The van der Waals surface area contributed by atoms with E-state index in [1.54, 1.807) is 0 Å². The van der Waals surface area contributed by atoms with Crippen LogP contribution in [0.15, 0.2) is 6.20 Å². The van der Waals surface area contributed by atoms with Gasteiger partial charge in [0.2, 0.25) is 0 Å². The smallest absolute Gasteiger partial charge is 0.241 e. The van der Waals surface area contributed by atoms with Gasteiger partial charge in [-0.05, 0) is 0 Å². The molecule has 0 aliphatic rings. The van der Waals surface area contributed by atoms with Crippen LogP contribution in [0.3, 0.4) is 0 Å². The minimum absolute atomic E-state index is 0.448. The highest BCUT2D eigenvalue weighted by Gasteiger charge is 2.21. The van der Waals surface area contributed by atoms with Crippen molar-refractivity contribution in [3.63, 3.8) is 0 Å². The Hall–Kier alpha value is -0.840. The third-order valence-electron chi connectivity index (χ3n) is 1.18. The Morgan fingerprint density at radius 2 is 1.92 bits per heavy atom. The van der Waals surface area contributed by atoms with Gasteiger partial charge in [0.25, 0.3) is 6.43 Å². The Morgan fingerprint density at radius 3 is 2.33 bits per heavy atom. The Balaban J connectivity index is 3.33. The molecular weight excluding hydrogens is 198 g/mol. The molecule has 6 heteroatoms. The molecule has 1 rings (SSSR count). The van der Waals surface area contributed by atoms with E-state index in [9.17, 15) is 17.6 Å². The molecule has 1 heterocycles. The van der Waals surface area contributed by atoms with Crippen LogP contribution < -0.4 is 0 Å². The van der Waals surface area contributed by atoms with Gasteiger partial charge in [-0.1, -0.05) is 11.6 Å². The van der Waals surface area contributed by atoms with Gasteiger partial charge >= 0.3 is 0 Å². The molecule has 0 unspecified atom stereocenters. The van der Waals surface area contributed by atoms with E-state index in [0.29, 0.717) is 6.20 Å². The average molecular weight is 200 g/mol. The fourth-order valence-electron chi connectivity index (χ4n) is 0.645. The molecule has 0 aliphatic heterocycles. The number of hydrogen-bond acceptors (Lipinski definition) is 1. The van der Waals surface area contributed by atoms with Crippen molar-refractivity contribution in [3.05, 3.63) is 28.5 Å². The number of pyridine rings is 1. The van der Waals surface area contributed by atoms with E-state index in [2.05, 4.69) is 4.98 Å². The number of halogens is 5. The molecule has 0 atom stereocenters. The third kappa shape index (κ3) is 1.50. The van der Waals surface area contributed by atoms with E-state index in [0.717, 1.165) is 0 Å². The molecule has 0 aromatic carbocycles. The van der Waals surface area contributed by atoms with Crippen LogP contribution in [0.1, 0.15) is 12.0 Å². The number of alkyl halides is 2. The van der Waals surface area contributed by atoms with Gasteiger partial charge in [0, 0.05) is 0 Å². The number of aromatic nitrogens is 1. The van der Waals surface area contributed by atoms with Crippen molar-refractivity contribution in [1.82, 2.24) is 4.98 Å². The predicted molar refractivity (Wildman–Crippen MR) is 34.1 cm³/mol. The number of hydrogen-bond donors (Lipinski definition) is 0. The van der Waals surface area contributed by atoms with Crippen molar-refractivity contribution in [1.29, 1.82) is 0 Å². The van der Waals surface area contributed by atoms with Crippen LogP contribution in [0.2, 0.25) is 5.15 Å². The lowest BCUT2D eigenvalue weighted by molar-refractivity contribution is 0.144. The van der Waals surface area contributed by atoms with E-state index in [1.807, 2.05) is 0 Å². The highest BCUT2D eigenvalue weighted by molar-refractivity contribution is 6.30. The van der Waals surface area contributed by atoms with Crippen molar-refractivity contribution < 1.29 is 17.6 Å². The second kappa shape index (κ2) is 3.26. The molecule has 0 saturated heterocycles. The van der Waals surface area contributed by atoms with E-state index in [1.165, 1.54) is 0 Å². The minimum Gasteiger partial charge on any atom is -0.241 e. The SMILES string of the molecule is Fc1cnc(Cl)c(C(F)F)c1F. The van der Waals surface area contributed by atoms with Crippen LogP contribution in [0.4, 0.5) is 17.6 Å². The Kier molecular flexibility index (Phi) is 2.52. The lowest BCUT2D eigenvalue weighted by atomic mass is 10.3. The first-order valence-corrected chi connectivity index (χ1v) is 3.19. The highest BCUT2D eigenvalue weighted by atomic mass is 35.5. The van der Waals surface area contributed by atoms with Gasteiger partial charge < -0.3 is 0 Å². The van der Waals surface area contributed by atoms with Gasteiger partial charge in [-0.15, -0.1) is 0 Å². The molecule has 1 aromatic heterocycles. The van der Waals surface area contributed by atoms with Gasteiger partial charge in [0.05, 0.1) is 11.8 Å². The van der Waals surface area contributed by atoms with Crippen LogP contribution in [0.5, 0.6) is 0 Å². The van der Waals surface area contributed by atoms with Crippen LogP contribution in [0.25, 0.3) is 0 Å². The summed E-state index contributed by atoms with van der Waals surface area (Å²) in [4.78, 5) is 3.03. The van der Waals surface area contributed by atoms with E-state index >= 15 is 0 Å². The van der Waals surface area contributed by atoms with Gasteiger partial charge in [-0.25, -0.2) is 22.5 Å². The Bertz CT molecular complexity index is 302. The summed E-state index contributed by atoms with van der Waals surface area (Å²) >= 11 is 5.10. The summed E-state index contributed by atoms with van der Waals surface area (Å²) in [6.07, 6.45) is -2.72. The fourth-order valence-corrected chi connectivity index (χ4v) is 0.859. The molecule has 0 radical (unpaired) electrons. The van der Waals surface area contributed by atoms with Crippen molar-refractivity contribution in [2.75, 3.05) is 0 Å². The molecule has 0 fully saturated rings. The first kappa shape index (κ1) is 9.25. The van der Waals surface area contributed by atoms with Crippen LogP contribution >= 0.6 is 11.6 Å². The standard InChI is InChI=1S/C6H2ClF4N/c7-5-3(6(10)11)4(9)2(8)1-12-5/h1,6H. The van der Waals surface area contributed by atoms with Crippen LogP contribution in [-0.4, -0.2) is 4.98 Å². The van der Waals surface area contributed by atoms with Gasteiger partial charge in [-0.2, -0.15) is 0 Å². The maximum atomic E-state index is 12.5. The third-order valence-corrected chi connectivity index (χ3v) is 1.48. The lowest BCUT2D eigenvalue weighted by Gasteiger charge is -2.03. The van der Waals surface area contributed by atoms with Crippen molar-refractivity contribution >= 4 is 11.6 Å². The summed E-state index contributed by atoms with van der Waals surface area (Å²) < 4.78 is 48.7. The van der Waals surface area contributed by atoms with E-state index in [4.69, 9.17) is 11.6 Å². The normalized spacial score (nSPS) is 10.8. The predicted octanol–water partition coefficient (Wildman–Crippen LogP) is 2.95. The number of nitrogens with zero attached hydrogens (tertiary/aromatic N) is 1. The zero-order valence-corrected chi connectivity index (χ0v) is 6.25. The average Bonchev–Trinajstić information content (AvgIpc) is 1.97. The van der Waals surface area contributed by atoms with Gasteiger partial charge in [0.1, 0.15) is 5.15 Å². The van der Waals surface area contributed by atoms with Crippen LogP contribution in [0, 0.1) is 11.6 Å². The van der Waals surface area contributed by atoms with Gasteiger partial charge in [0.15, 0.2) is 11.6 Å². The molecule has 1 aromatic rings. The first-order valence-electron chi connectivity index (χ1n) is 2.81. The molecule has 0 aliphatic carbocycles. The van der Waals surface area contributed by atoms with Crippen molar-refractivity contribution in [2.45, 2.75) is 6.43 Å². The molecule has 0 saturated carbocycles. The zero-order valence-electron chi connectivity index (χ0n) is 5.49. The first-order chi connectivity index (χ1) is 5.54. The van der Waals surface area contributed by atoms with Gasteiger partial charge in [-0.3, -0.25) is 0 Å². The number of rotatable bonds is 1. The quantitative estimate of drug-likeness (QED) is 0.501. The van der Waals surface area contributed by atoms with Crippen molar-refractivity contribution in [3.8, 4) is 0 Å². The summed E-state index contributed by atoms with van der Waals surface area (Å²) in [5.41, 5.74) is -1.20.